The van der Waals surface area contributed by atoms with Crippen molar-refractivity contribution >= 4 is 17.3 Å². The average molecular weight is 268 g/mol. The topological polar surface area (TPSA) is 28.2 Å². The normalized spacial score (nSPS) is 20.1. The molecule has 1 saturated heterocycles. The summed E-state index contributed by atoms with van der Waals surface area (Å²) in [7, 11) is 0. The van der Waals surface area contributed by atoms with Crippen LogP contribution in [0.15, 0.2) is 18.5 Å². The number of nitrogens with one attached hydrogen (secondary N) is 1. The molecule has 1 unspecified atom stereocenters. The first-order chi connectivity index (χ1) is 8.83. The van der Waals surface area contributed by atoms with Gasteiger partial charge in [0.05, 0.1) is 10.7 Å². The van der Waals surface area contributed by atoms with Crippen LogP contribution >= 0.6 is 11.6 Å². The Balaban J connectivity index is 2.05. The largest absolute Gasteiger partial charge is 0.366 e. The van der Waals surface area contributed by atoms with Crippen LogP contribution < -0.4 is 10.2 Å². The van der Waals surface area contributed by atoms with Crippen molar-refractivity contribution < 1.29 is 0 Å². The Bertz CT molecular complexity index is 370. The number of aromatic nitrogens is 1. The lowest BCUT2D eigenvalue weighted by Crippen LogP contribution is -2.46. The highest BCUT2D eigenvalue weighted by Gasteiger charge is 2.23. The molecule has 0 spiro atoms. The van der Waals surface area contributed by atoms with Gasteiger partial charge in [0.2, 0.25) is 0 Å². The van der Waals surface area contributed by atoms with Crippen molar-refractivity contribution in [2.75, 3.05) is 24.5 Å². The molecule has 0 aromatic carbocycles. The van der Waals surface area contributed by atoms with Crippen molar-refractivity contribution in [1.29, 1.82) is 0 Å². The van der Waals surface area contributed by atoms with E-state index in [2.05, 4.69) is 22.1 Å². The summed E-state index contributed by atoms with van der Waals surface area (Å²) in [4.78, 5) is 6.51. The van der Waals surface area contributed by atoms with Crippen molar-refractivity contribution in [3.05, 3.63) is 23.5 Å². The molecule has 1 aromatic rings. The van der Waals surface area contributed by atoms with Crippen molar-refractivity contribution in [3.8, 4) is 0 Å². The highest BCUT2D eigenvalue weighted by molar-refractivity contribution is 6.33. The third-order valence-corrected chi connectivity index (χ3v) is 3.79. The molecule has 0 aliphatic carbocycles. The minimum atomic E-state index is 0.560. The highest BCUT2D eigenvalue weighted by Crippen LogP contribution is 2.29. The Labute approximate surface area is 115 Å². The van der Waals surface area contributed by atoms with Crippen molar-refractivity contribution in [2.45, 2.75) is 38.6 Å². The summed E-state index contributed by atoms with van der Waals surface area (Å²) in [6.07, 6.45) is 8.56. The van der Waals surface area contributed by atoms with Crippen LogP contribution in [-0.2, 0) is 0 Å². The molecule has 1 aliphatic heterocycles. The van der Waals surface area contributed by atoms with E-state index in [0.717, 1.165) is 30.3 Å². The SMILES string of the molecule is CCCNCC1CCCCN1c1ccncc1Cl. The summed E-state index contributed by atoms with van der Waals surface area (Å²) >= 11 is 6.26. The molecule has 0 saturated carbocycles. The van der Waals surface area contributed by atoms with Gasteiger partial charge in [-0.25, -0.2) is 0 Å². The molecule has 18 heavy (non-hydrogen) atoms. The lowest BCUT2D eigenvalue weighted by Gasteiger charge is -2.38. The van der Waals surface area contributed by atoms with Crippen molar-refractivity contribution in [3.63, 3.8) is 0 Å². The Kier molecular flexibility index (Phi) is 5.26. The molecule has 1 N–H and O–H groups in total. The number of anilines is 1. The van der Waals surface area contributed by atoms with E-state index in [1.54, 1.807) is 6.20 Å². The zero-order valence-electron chi connectivity index (χ0n) is 11.0. The van der Waals surface area contributed by atoms with E-state index in [4.69, 9.17) is 11.6 Å². The summed E-state index contributed by atoms with van der Waals surface area (Å²) < 4.78 is 0. The molecule has 2 heterocycles. The van der Waals surface area contributed by atoms with Crippen LogP contribution in [0.2, 0.25) is 5.02 Å². The van der Waals surface area contributed by atoms with Gasteiger partial charge in [0, 0.05) is 31.5 Å². The van der Waals surface area contributed by atoms with E-state index in [1.165, 1.54) is 25.7 Å². The summed E-state index contributed by atoms with van der Waals surface area (Å²) in [5, 5.41) is 4.29. The van der Waals surface area contributed by atoms with Crippen LogP contribution in [0.25, 0.3) is 0 Å². The summed E-state index contributed by atoms with van der Waals surface area (Å²) in [6, 6.07) is 2.59. The van der Waals surface area contributed by atoms with Crippen LogP contribution in [0, 0.1) is 0 Å². The molecule has 1 fully saturated rings. The number of rotatable bonds is 5. The van der Waals surface area contributed by atoms with Gasteiger partial charge in [0.25, 0.3) is 0 Å². The van der Waals surface area contributed by atoms with Crippen LogP contribution in [0.3, 0.4) is 0 Å². The van der Waals surface area contributed by atoms with E-state index < -0.39 is 0 Å². The second-order valence-electron chi connectivity index (χ2n) is 4.87. The van der Waals surface area contributed by atoms with Gasteiger partial charge in [-0.1, -0.05) is 18.5 Å². The molecular weight excluding hydrogens is 246 g/mol. The molecule has 1 atom stereocenters. The first-order valence-electron chi connectivity index (χ1n) is 6.89. The number of piperidine rings is 1. The average Bonchev–Trinajstić information content (AvgIpc) is 2.40. The van der Waals surface area contributed by atoms with E-state index in [-0.39, 0.29) is 0 Å². The molecule has 3 nitrogen and oxygen atoms in total. The monoisotopic (exact) mass is 267 g/mol. The Morgan fingerprint density at radius 3 is 3.17 bits per heavy atom. The quantitative estimate of drug-likeness (QED) is 0.831. The number of pyridine rings is 1. The van der Waals surface area contributed by atoms with E-state index in [0.29, 0.717) is 6.04 Å². The third kappa shape index (κ3) is 3.36. The van der Waals surface area contributed by atoms with Gasteiger partial charge < -0.3 is 10.2 Å². The number of hydrogen-bond donors (Lipinski definition) is 1. The maximum Gasteiger partial charge on any atom is 0.0822 e. The first kappa shape index (κ1) is 13.6. The maximum absolute atomic E-state index is 6.26. The predicted octanol–water partition coefficient (Wildman–Crippen LogP) is 3.09. The van der Waals surface area contributed by atoms with Gasteiger partial charge in [-0.05, 0) is 38.3 Å². The summed E-state index contributed by atoms with van der Waals surface area (Å²) in [5.74, 6) is 0. The summed E-state index contributed by atoms with van der Waals surface area (Å²) in [5.41, 5.74) is 1.13. The number of nitrogens with zero attached hydrogens (tertiary/aromatic N) is 2. The van der Waals surface area contributed by atoms with Gasteiger partial charge in [-0.2, -0.15) is 0 Å². The third-order valence-electron chi connectivity index (χ3n) is 3.49. The molecule has 100 valence electrons. The fourth-order valence-corrected chi connectivity index (χ4v) is 2.80. The van der Waals surface area contributed by atoms with Crippen LogP contribution in [0.1, 0.15) is 32.6 Å². The highest BCUT2D eigenvalue weighted by atomic mass is 35.5. The van der Waals surface area contributed by atoms with Gasteiger partial charge in [-0.3, -0.25) is 4.98 Å². The Hall–Kier alpha value is -0.800. The molecule has 0 bridgehead atoms. The van der Waals surface area contributed by atoms with Crippen LogP contribution in [-0.4, -0.2) is 30.7 Å². The zero-order valence-corrected chi connectivity index (χ0v) is 11.8. The predicted molar refractivity (Wildman–Crippen MR) is 77.4 cm³/mol. The van der Waals surface area contributed by atoms with Crippen molar-refractivity contribution in [1.82, 2.24) is 10.3 Å². The second kappa shape index (κ2) is 6.95. The Morgan fingerprint density at radius 1 is 1.50 bits per heavy atom. The molecule has 0 radical (unpaired) electrons. The van der Waals surface area contributed by atoms with E-state index in [1.807, 2.05) is 12.3 Å². The summed E-state index contributed by atoms with van der Waals surface area (Å²) in [6.45, 7) is 5.44. The van der Waals surface area contributed by atoms with Crippen LogP contribution in [0.5, 0.6) is 0 Å². The molecule has 4 heteroatoms. The zero-order chi connectivity index (χ0) is 12.8. The smallest absolute Gasteiger partial charge is 0.0822 e. The van der Waals surface area contributed by atoms with E-state index in [9.17, 15) is 0 Å². The van der Waals surface area contributed by atoms with Gasteiger partial charge in [0.1, 0.15) is 0 Å². The minimum absolute atomic E-state index is 0.560. The maximum atomic E-state index is 6.26. The molecule has 1 aromatic heterocycles. The minimum Gasteiger partial charge on any atom is -0.366 e. The standard InChI is InChI=1S/C14H22ClN3/c1-2-7-16-10-12-5-3-4-9-18(12)14-6-8-17-11-13(14)15/h6,8,11-12,16H,2-5,7,9-10H2,1H3. The van der Waals surface area contributed by atoms with E-state index >= 15 is 0 Å². The second-order valence-corrected chi connectivity index (χ2v) is 5.28. The lowest BCUT2D eigenvalue weighted by molar-refractivity contribution is 0.435. The number of halogens is 1. The van der Waals surface area contributed by atoms with Gasteiger partial charge in [0.15, 0.2) is 0 Å². The van der Waals surface area contributed by atoms with Gasteiger partial charge in [-0.15, -0.1) is 0 Å². The first-order valence-corrected chi connectivity index (χ1v) is 7.27. The molecule has 0 amide bonds. The molecule has 1 aliphatic rings. The fraction of sp³-hybridized carbons (Fsp3) is 0.643. The molecule has 2 rings (SSSR count). The molecular formula is C14H22ClN3. The van der Waals surface area contributed by atoms with Gasteiger partial charge >= 0.3 is 0 Å². The number of hydrogen-bond acceptors (Lipinski definition) is 3. The van der Waals surface area contributed by atoms with Crippen molar-refractivity contribution in [2.24, 2.45) is 0 Å². The Morgan fingerprint density at radius 2 is 2.39 bits per heavy atom. The lowest BCUT2D eigenvalue weighted by atomic mass is 10.0. The van der Waals surface area contributed by atoms with Crippen LogP contribution in [0.4, 0.5) is 5.69 Å². The fourth-order valence-electron chi connectivity index (χ4n) is 2.58.